The molecule has 0 amide bonds. The summed E-state index contributed by atoms with van der Waals surface area (Å²) < 4.78 is 9.67. The normalized spacial score (nSPS) is 11.1. The van der Waals surface area contributed by atoms with E-state index in [-0.39, 0.29) is 6.61 Å². The fraction of sp³-hybridized carbons (Fsp3) is 0.231. The van der Waals surface area contributed by atoms with Gasteiger partial charge in [-0.1, -0.05) is 36.3 Å². The second kappa shape index (κ2) is 6.33. The summed E-state index contributed by atoms with van der Waals surface area (Å²) in [7, 11) is 0. The Bertz CT molecular complexity index is 430. The summed E-state index contributed by atoms with van der Waals surface area (Å²) >= 11 is 0. The van der Waals surface area contributed by atoms with Crippen LogP contribution in [0, 0.1) is 12.3 Å². The van der Waals surface area contributed by atoms with Crippen LogP contribution in [-0.2, 0) is 19.1 Å². The van der Waals surface area contributed by atoms with Gasteiger partial charge in [0.05, 0.1) is 0 Å². The lowest BCUT2D eigenvalue weighted by atomic mass is 10.1. The zero-order valence-corrected chi connectivity index (χ0v) is 9.38. The standard InChI is InChI=1S/C13H12O4/c1-3-9-16-13(15)12(17-10(2)14)11-7-5-4-6-8-11/h1,4-8,12H,9H2,2H3. The fourth-order valence-corrected chi connectivity index (χ4v) is 1.23. The van der Waals surface area contributed by atoms with E-state index in [1.165, 1.54) is 6.92 Å². The van der Waals surface area contributed by atoms with Crippen molar-refractivity contribution in [2.45, 2.75) is 13.0 Å². The Labute approximate surface area is 99.5 Å². The van der Waals surface area contributed by atoms with Crippen LogP contribution in [0.3, 0.4) is 0 Å². The van der Waals surface area contributed by atoms with Crippen LogP contribution in [0.5, 0.6) is 0 Å². The van der Waals surface area contributed by atoms with Crippen LogP contribution in [0.4, 0.5) is 0 Å². The van der Waals surface area contributed by atoms with Crippen molar-refractivity contribution >= 4 is 11.9 Å². The molecule has 0 saturated carbocycles. The molecule has 1 aromatic rings. The van der Waals surface area contributed by atoms with Gasteiger partial charge in [0, 0.05) is 12.5 Å². The molecule has 1 unspecified atom stereocenters. The molecule has 0 bridgehead atoms. The zero-order valence-electron chi connectivity index (χ0n) is 9.38. The highest BCUT2D eigenvalue weighted by molar-refractivity contribution is 5.80. The van der Waals surface area contributed by atoms with Crippen molar-refractivity contribution in [2.75, 3.05) is 6.61 Å². The molecule has 1 rings (SSSR count). The minimum absolute atomic E-state index is 0.149. The molecule has 0 aromatic heterocycles. The van der Waals surface area contributed by atoms with Gasteiger partial charge in [0.1, 0.15) is 0 Å². The summed E-state index contributed by atoms with van der Waals surface area (Å²) in [5.74, 6) is 0.939. The average molecular weight is 232 g/mol. The number of benzene rings is 1. The lowest BCUT2D eigenvalue weighted by molar-refractivity contribution is -0.166. The third-order valence-corrected chi connectivity index (χ3v) is 1.90. The number of rotatable bonds is 4. The molecule has 0 aliphatic rings. The van der Waals surface area contributed by atoms with E-state index in [4.69, 9.17) is 15.9 Å². The van der Waals surface area contributed by atoms with Crippen LogP contribution in [-0.4, -0.2) is 18.5 Å². The Morgan fingerprint density at radius 3 is 2.53 bits per heavy atom. The molecule has 4 heteroatoms. The van der Waals surface area contributed by atoms with Gasteiger partial charge in [0.25, 0.3) is 0 Å². The molecule has 0 fully saturated rings. The molecule has 0 spiro atoms. The Balaban J connectivity index is 2.85. The quantitative estimate of drug-likeness (QED) is 0.582. The van der Waals surface area contributed by atoms with Crippen molar-refractivity contribution < 1.29 is 19.1 Å². The third kappa shape index (κ3) is 3.99. The number of carbonyl (C=O) groups excluding carboxylic acids is 2. The minimum atomic E-state index is -1.07. The van der Waals surface area contributed by atoms with Gasteiger partial charge >= 0.3 is 11.9 Å². The molecule has 17 heavy (non-hydrogen) atoms. The van der Waals surface area contributed by atoms with E-state index >= 15 is 0 Å². The number of esters is 2. The smallest absolute Gasteiger partial charge is 0.353 e. The number of carbonyl (C=O) groups is 2. The molecule has 0 aliphatic heterocycles. The predicted molar refractivity (Wildman–Crippen MR) is 60.7 cm³/mol. The molecule has 0 radical (unpaired) electrons. The summed E-state index contributed by atoms with van der Waals surface area (Å²) in [4.78, 5) is 22.6. The molecule has 0 heterocycles. The van der Waals surface area contributed by atoms with Crippen LogP contribution in [0.2, 0.25) is 0 Å². The fourth-order valence-electron chi connectivity index (χ4n) is 1.23. The largest absolute Gasteiger partial charge is 0.450 e. The molecule has 1 aromatic carbocycles. The lowest BCUT2D eigenvalue weighted by Crippen LogP contribution is -2.21. The van der Waals surface area contributed by atoms with Gasteiger partial charge in [-0.15, -0.1) is 6.42 Å². The molecular formula is C13H12O4. The monoisotopic (exact) mass is 232 g/mol. The Morgan fingerprint density at radius 1 is 1.35 bits per heavy atom. The zero-order chi connectivity index (χ0) is 12.7. The molecule has 0 N–H and O–H groups in total. The van der Waals surface area contributed by atoms with Gasteiger partial charge in [0.2, 0.25) is 6.10 Å². The van der Waals surface area contributed by atoms with Crippen molar-refractivity contribution in [3.8, 4) is 12.3 Å². The summed E-state index contributed by atoms with van der Waals surface area (Å²) in [5.41, 5.74) is 0.546. The van der Waals surface area contributed by atoms with Crippen molar-refractivity contribution in [3.63, 3.8) is 0 Å². The summed E-state index contributed by atoms with van der Waals surface area (Å²) in [5, 5.41) is 0. The van der Waals surface area contributed by atoms with E-state index in [0.717, 1.165) is 0 Å². The Hall–Kier alpha value is -2.28. The molecular weight excluding hydrogens is 220 g/mol. The van der Waals surface area contributed by atoms with Crippen molar-refractivity contribution in [3.05, 3.63) is 35.9 Å². The maximum absolute atomic E-state index is 11.6. The van der Waals surface area contributed by atoms with Crippen LogP contribution >= 0.6 is 0 Å². The molecule has 88 valence electrons. The van der Waals surface area contributed by atoms with E-state index < -0.39 is 18.0 Å². The van der Waals surface area contributed by atoms with Crippen LogP contribution in [0.15, 0.2) is 30.3 Å². The summed E-state index contributed by atoms with van der Waals surface area (Å²) in [6.45, 7) is 1.08. The maximum Gasteiger partial charge on any atom is 0.353 e. The van der Waals surface area contributed by atoms with Gasteiger partial charge in [-0.25, -0.2) is 4.79 Å². The van der Waals surface area contributed by atoms with Crippen LogP contribution in [0.1, 0.15) is 18.6 Å². The first-order chi connectivity index (χ1) is 8.15. The van der Waals surface area contributed by atoms with Crippen molar-refractivity contribution in [2.24, 2.45) is 0 Å². The van der Waals surface area contributed by atoms with Gasteiger partial charge in [-0.05, 0) is 0 Å². The number of hydrogen-bond acceptors (Lipinski definition) is 4. The van der Waals surface area contributed by atoms with Gasteiger partial charge in [0.15, 0.2) is 6.61 Å². The highest BCUT2D eigenvalue weighted by Gasteiger charge is 2.24. The first kappa shape index (κ1) is 12.8. The van der Waals surface area contributed by atoms with E-state index in [2.05, 4.69) is 5.92 Å². The van der Waals surface area contributed by atoms with E-state index in [9.17, 15) is 9.59 Å². The Morgan fingerprint density at radius 2 is 2.00 bits per heavy atom. The first-order valence-electron chi connectivity index (χ1n) is 4.97. The van der Waals surface area contributed by atoms with Gasteiger partial charge < -0.3 is 9.47 Å². The minimum Gasteiger partial charge on any atom is -0.450 e. The Kier molecular flexibility index (Phi) is 4.77. The topological polar surface area (TPSA) is 52.6 Å². The lowest BCUT2D eigenvalue weighted by Gasteiger charge is -2.15. The van der Waals surface area contributed by atoms with E-state index in [1.807, 2.05) is 0 Å². The van der Waals surface area contributed by atoms with Crippen molar-refractivity contribution in [1.29, 1.82) is 0 Å². The number of hydrogen-bond donors (Lipinski definition) is 0. The molecule has 1 atom stereocenters. The summed E-state index contributed by atoms with van der Waals surface area (Å²) in [6.07, 6.45) is 3.91. The maximum atomic E-state index is 11.6. The first-order valence-corrected chi connectivity index (χ1v) is 4.97. The van der Waals surface area contributed by atoms with Crippen LogP contribution < -0.4 is 0 Å². The number of ether oxygens (including phenoxy) is 2. The molecule has 0 aliphatic carbocycles. The average Bonchev–Trinajstić information content (AvgIpc) is 2.34. The summed E-state index contributed by atoms with van der Waals surface area (Å²) in [6, 6.07) is 8.61. The SMILES string of the molecule is C#CCOC(=O)C(OC(C)=O)c1ccccc1. The van der Waals surface area contributed by atoms with E-state index in [0.29, 0.717) is 5.56 Å². The number of terminal acetylenes is 1. The van der Waals surface area contributed by atoms with Gasteiger partial charge in [-0.2, -0.15) is 0 Å². The molecule has 4 nitrogen and oxygen atoms in total. The van der Waals surface area contributed by atoms with Crippen LogP contribution in [0.25, 0.3) is 0 Å². The van der Waals surface area contributed by atoms with Gasteiger partial charge in [-0.3, -0.25) is 4.79 Å². The highest BCUT2D eigenvalue weighted by atomic mass is 16.6. The highest BCUT2D eigenvalue weighted by Crippen LogP contribution is 2.18. The predicted octanol–water partition coefficient (Wildman–Crippen LogP) is 1.47. The second-order valence-electron chi connectivity index (χ2n) is 3.21. The third-order valence-electron chi connectivity index (χ3n) is 1.90. The van der Waals surface area contributed by atoms with E-state index in [1.54, 1.807) is 30.3 Å². The van der Waals surface area contributed by atoms with Crippen molar-refractivity contribution in [1.82, 2.24) is 0 Å². The second-order valence-corrected chi connectivity index (χ2v) is 3.21. The molecule has 0 saturated heterocycles.